The minimum Gasteiger partial charge on any atom is -0.361 e. The molecule has 108 valence electrons. The average Bonchev–Trinajstić information content (AvgIpc) is 2.43. The highest BCUT2D eigenvalue weighted by atomic mass is 79.9. The number of benzene rings is 2. The number of rotatable bonds is 4. The van der Waals surface area contributed by atoms with Crippen molar-refractivity contribution < 1.29 is 4.79 Å². The van der Waals surface area contributed by atoms with E-state index in [1.807, 2.05) is 57.2 Å². The normalized spacial score (nSPS) is 10.9. The first-order valence-electron chi connectivity index (χ1n) is 6.78. The molecule has 2 aromatic rings. The van der Waals surface area contributed by atoms with Gasteiger partial charge in [0.2, 0.25) is 0 Å². The molecule has 0 aromatic heterocycles. The Bertz CT molecular complexity index is 704. The number of nitrogens with one attached hydrogen (secondary N) is 1. The topological polar surface area (TPSA) is 29.1 Å². The lowest BCUT2D eigenvalue weighted by molar-refractivity contribution is 0.104. The zero-order valence-corrected chi connectivity index (χ0v) is 14.0. The van der Waals surface area contributed by atoms with Gasteiger partial charge in [-0.15, -0.1) is 0 Å². The highest BCUT2D eigenvalue weighted by Gasteiger charge is 2.05. The van der Waals surface area contributed by atoms with E-state index >= 15 is 0 Å². The maximum Gasteiger partial charge on any atom is 0.187 e. The van der Waals surface area contributed by atoms with E-state index in [1.54, 1.807) is 12.3 Å². The molecule has 0 saturated heterocycles. The summed E-state index contributed by atoms with van der Waals surface area (Å²) in [6, 6.07) is 11.9. The number of allylic oxidation sites excluding steroid dienone is 1. The van der Waals surface area contributed by atoms with Gasteiger partial charge in [0.1, 0.15) is 0 Å². The van der Waals surface area contributed by atoms with Crippen LogP contribution in [0.5, 0.6) is 0 Å². The summed E-state index contributed by atoms with van der Waals surface area (Å²) in [4.78, 5) is 12.2. The van der Waals surface area contributed by atoms with E-state index in [-0.39, 0.29) is 5.78 Å². The van der Waals surface area contributed by atoms with Crippen LogP contribution in [0.2, 0.25) is 0 Å². The van der Waals surface area contributed by atoms with E-state index < -0.39 is 0 Å². The number of aryl methyl sites for hydroxylation is 3. The van der Waals surface area contributed by atoms with Crippen molar-refractivity contribution >= 4 is 27.4 Å². The fourth-order valence-corrected chi connectivity index (χ4v) is 2.56. The predicted octanol–water partition coefficient (Wildman–Crippen LogP) is 5.18. The zero-order valence-electron chi connectivity index (χ0n) is 12.4. The van der Waals surface area contributed by atoms with Gasteiger partial charge in [-0.1, -0.05) is 33.6 Å². The molecule has 2 nitrogen and oxygen atoms in total. The van der Waals surface area contributed by atoms with Crippen LogP contribution >= 0.6 is 15.9 Å². The van der Waals surface area contributed by atoms with Crippen LogP contribution in [0, 0.1) is 20.8 Å². The zero-order chi connectivity index (χ0) is 15.4. The SMILES string of the molecule is Cc1ccc(C)c(C(=O)C=CNc2ccc(Br)cc2C)c1. The molecule has 0 aliphatic heterocycles. The van der Waals surface area contributed by atoms with Crippen LogP contribution < -0.4 is 5.32 Å². The number of anilines is 1. The quantitative estimate of drug-likeness (QED) is 0.611. The number of carbonyl (C=O) groups excluding carboxylic acids is 1. The minimum absolute atomic E-state index is 0.0125. The molecule has 0 bridgehead atoms. The maximum absolute atomic E-state index is 12.2. The van der Waals surface area contributed by atoms with Crippen molar-refractivity contribution in [3.05, 3.63) is 75.4 Å². The molecule has 1 N–H and O–H groups in total. The third-order valence-electron chi connectivity index (χ3n) is 3.32. The highest BCUT2D eigenvalue weighted by molar-refractivity contribution is 9.10. The van der Waals surface area contributed by atoms with Crippen LogP contribution in [-0.2, 0) is 0 Å². The highest BCUT2D eigenvalue weighted by Crippen LogP contribution is 2.20. The molecule has 0 saturated carbocycles. The Morgan fingerprint density at radius 3 is 2.52 bits per heavy atom. The van der Waals surface area contributed by atoms with Crippen molar-refractivity contribution in [2.75, 3.05) is 5.32 Å². The van der Waals surface area contributed by atoms with Crippen LogP contribution in [0.15, 0.2) is 53.1 Å². The lowest BCUT2D eigenvalue weighted by atomic mass is 10.0. The van der Waals surface area contributed by atoms with Gasteiger partial charge in [-0.05, 0) is 56.2 Å². The smallest absolute Gasteiger partial charge is 0.187 e. The van der Waals surface area contributed by atoms with Crippen molar-refractivity contribution in [2.45, 2.75) is 20.8 Å². The summed E-state index contributed by atoms with van der Waals surface area (Å²) in [6.07, 6.45) is 3.27. The lowest BCUT2D eigenvalue weighted by Crippen LogP contribution is -2.00. The van der Waals surface area contributed by atoms with Gasteiger partial charge < -0.3 is 5.32 Å². The number of halogens is 1. The molecule has 0 atom stereocenters. The standard InChI is InChI=1S/C18H18BrNO/c1-12-4-5-13(2)16(10-12)18(21)8-9-20-17-7-6-15(19)11-14(17)3/h4-11,20H,1-3H3. The number of ketones is 1. The summed E-state index contributed by atoms with van der Waals surface area (Å²) in [5, 5.41) is 3.15. The van der Waals surface area contributed by atoms with Crippen molar-refractivity contribution in [3.8, 4) is 0 Å². The molecule has 0 heterocycles. The summed E-state index contributed by atoms with van der Waals surface area (Å²) in [5.74, 6) is 0.0125. The van der Waals surface area contributed by atoms with Crippen molar-refractivity contribution in [2.24, 2.45) is 0 Å². The van der Waals surface area contributed by atoms with Crippen molar-refractivity contribution in [1.82, 2.24) is 0 Å². The van der Waals surface area contributed by atoms with Gasteiger partial charge in [-0.2, -0.15) is 0 Å². The molecule has 0 unspecified atom stereocenters. The van der Waals surface area contributed by atoms with E-state index in [1.165, 1.54) is 0 Å². The summed E-state index contributed by atoms with van der Waals surface area (Å²) < 4.78 is 1.04. The van der Waals surface area contributed by atoms with Gasteiger partial charge in [-0.25, -0.2) is 0 Å². The Hall–Kier alpha value is -1.87. The summed E-state index contributed by atoms with van der Waals surface area (Å²) in [7, 11) is 0. The monoisotopic (exact) mass is 343 g/mol. The van der Waals surface area contributed by atoms with Gasteiger partial charge >= 0.3 is 0 Å². The van der Waals surface area contributed by atoms with E-state index in [4.69, 9.17) is 0 Å². The van der Waals surface area contributed by atoms with Crippen LogP contribution in [-0.4, -0.2) is 5.78 Å². The van der Waals surface area contributed by atoms with Gasteiger partial charge in [0.25, 0.3) is 0 Å². The molecule has 0 aliphatic rings. The Balaban J connectivity index is 2.10. The molecular formula is C18H18BrNO. The Morgan fingerprint density at radius 1 is 1.05 bits per heavy atom. The Labute approximate surface area is 134 Å². The second-order valence-corrected chi connectivity index (χ2v) is 6.04. The average molecular weight is 344 g/mol. The Morgan fingerprint density at radius 2 is 1.81 bits per heavy atom. The van der Waals surface area contributed by atoms with E-state index in [0.717, 1.165) is 32.4 Å². The first kappa shape index (κ1) is 15.5. The number of hydrogen-bond acceptors (Lipinski definition) is 2. The first-order chi connectivity index (χ1) is 9.97. The third kappa shape index (κ3) is 4.05. The summed E-state index contributed by atoms with van der Waals surface area (Å²) in [5.41, 5.74) is 4.95. The molecule has 3 heteroatoms. The van der Waals surface area contributed by atoms with Gasteiger partial charge in [-0.3, -0.25) is 4.79 Å². The number of carbonyl (C=O) groups is 1. The van der Waals surface area contributed by atoms with Gasteiger partial charge in [0.15, 0.2) is 5.78 Å². The van der Waals surface area contributed by atoms with Crippen LogP contribution in [0.25, 0.3) is 0 Å². The Kier molecular flexibility index (Phi) is 4.97. The molecule has 2 aromatic carbocycles. The van der Waals surface area contributed by atoms with E-state index in [9.17, 15) is 4.79 Å². The van der Waals surface area contributed by atoms with Gasteiger partial charge in [0, 0.05) is 28.0 Å². The first-order valence-corrected chi connectivity index (χ1v) is 7.57. The molecule has 0 radical (unpaired) electrons. The largest absolute Gasteiger partial charge is 0.361 e. The van der Waals surface area contributed by atoms with E-state index in [0.29, 0.717) is 0 Å². The predicted molar refractivity (Wildman–Crippen MR) is 91.9 cm³/mol. The maximum atomic E-state index is 12.2. The number of hydrogen-bond donors (Lipinski definition) is 1. The van der Waals surface area contributed by atoms with Crippen LogP contribution in [0.4, 0.5) is 5.69 Å². The molecule has 21 heavy (non-hydrogen) atoms. The lowest BCUT2D eigenvalue weighted by Gasteiger charge is -2.06. The van der Waals surface area contributed by atoms with Crippen LogP contribution in [0.1, 0.15) is 27.0 Å². The minimum atomic E-state index is 0.0125. The fraction of sp³-hybridized carbons (Fsp3) is 0.167. The van der Waals surface area contributed by atoms with Gasteiger partial charge in [0.05, 0.1) is 0 Å². The molecule has 0 fully saturated rings. The summed E-state index contributed by atoms with van der Waals surface area (Å²) in [6.45, 7) is 5.96. The van der Waals surface area contributed by atoms with E-state index in [2.05, 4.69) is 21.2 Å². The fourth-order valence-electron chi connectivity index (χ4n) is 2.09. The second kappa shape index (κ2) is 6.72. The summed E-state index contributed by atoms with van der Waals surface area (Å²) >= 11 is 3.43. The van der Waals surface area contributed by atoms with Crippen molar-refractivity contribution in [1.29, 1.82) is 0 Å². The molecule has 0 aliphatic carbocycles. The van der Waals surface area contributed by atoms with Crippen molar-refractivity contribution in [3.63, 3.8) is 0 Å². The molecular weight excluding hydrogens is 326 g/mol. The second-order valence-electron chi connectivity index (χ2n) is 5.12. The molecule has 2 rings (SSSR count). The molecule has 0 amide bonds. The molecule has 0 spiro atoms. The van der Waals surface area contributed by atoms with Crippen LogP contribution in [0.3, 0.4) is 0 Å². The third-order valence-corrected chi connectivity index (χ3v) is 3.81.